The Kier molecular flexibility index (Phi) is 2.01. The SMILES string of the molecule is COc1ccc2c(c1)C(=O)c1ccc(C)nc1-2. The number of aryl methyl sites for hydroxylation is 1. The van der Waals surface area contributed by atoms with Gasteiger partial charge in [0.25, 0.3) is 0 Å². The van der Waals surface area contributed by atoms with Crippen molar-refractivity contribution in [2.75, 3.05) is 7.11 Å². The van der Waals surface area contributed by atoms with E-state index in [1.165, 1.54) is 0 Å². The van der Waals surface area contributed by atoms with E-state index in [9.17, 15) is 4.79 Å². The van der Waals surface area contributed by atoms with Gasteiger partial charge in [0.1, 0.15) is 5.75 Å². The maximum absolute atomic E-state index is 12.2. The lowest BCUT2D eigenvalue weighted by molar-refractivity contribution is 0.104. The maximum Gasteiger partial charge on any atom is 0.196 e. The van der Waals surface area contributed by atoms with Crippen molar-refractivity contribution in [2.24, 2.45) is 0 Å². The quantitative estimate of drug-likeness (QED) is 0.639. The molecule has 1 aliphatic carbocycles. The summed E-state index contributed by atoms with van der Waals surface area (Å²) in [5, 5.41) is 0. The number of pyridine rings is 1. The van der Waals surface area contributed by atoms with Crippen molar-refractivity contribution in [3.63, 3.8) is 0 Å². The van der Waals surface area contributed by atoms with Gasteiger partial charge in [0.05, 0.1) is 12.8 Å². The molecule has 3 heteroatoms. The summed E-state index contributed by atoms with van der Waals surface area (Å²) >= 11 is 0. The molecule has 0 unspecified atom stereocenters. The van der Waals surface area contributed by atoms with Crippen LogP contribution in [0.25, 0.3) is 11.3 Å². The Hall–Kier alpha value is -2.16. The van der Waals surface area contributed by atoms with Gasteiger partial charge in [-0.25, -0.2) is 0 Å². The standard InChI is InChI=1S/C14H11NO2/c1-8-3-5-11-13(15-8)10-6-4-9(17-2)7-12(10)14(11)16/h3-7H,1-2H3. The fourth-order valence-corrected chi connectivity index (χ4v) is 2.14. The molecule has 17 heavy (non-hydrogen) atoms. The molecule has 3 nitrogen and oxygen atoms in total. The third-order valence-corrected chi connectivity index (χ3v) is 3.01. The summed E-state index contributed by atoms with van der Waals surface area (Å²) < 4.78 is 5.14. The molecule has 0 fully saturated rings. The molecule has 1 aromatic carbocycles. The van der Waals surface area contributed by atoms with Crippen LogP contribution in [0.3, 0.4) is 0 Å². The van der Waals surface area contributed by atoms with Gasteiger partial charge in [0.2, 0.25) is 0 Å². The molecule has 1 aromatic heterocycles. The number of nitrogens with zero attached hydrogens (tertiary/aromatic N) is 1. The molecular formula is C14H11NO2. The predicted molar refractivity (Wildman–Crippen MR) is 64.4 cm³/mol. The molecule has 0 atom stereocenters. The zero-order valence-electron chi connectivity index (χ0n) is 9.65. The Morgan fingerprint density at radius 3 is 2.59 bits per heavy atom. The van der Waals surface area contributed by atoms with Gasteiger partial charge in [-0.15, -0.1) is 0 Å². The van der Waals surface area contributed by atoms with Crippen LogP contribution in [0.4, 0.5) is 0 Å². The van der Waals surface area contributed by atoms with Gasteiger partial charge in [-0.3, -0.25) is 9.78 Å². The highest BCUT2D eigenvalue weighted by atomic mass is 16.5. The second-order valence-corrected chi connectivity index (χ2v) is 4.09. The average Bonchev–Trinajstić information content (AvgIpc) is 2.62. The molecule has 0 saturated carbocycles. The van der Waals surface area contributed by atoms with Gasteiger partial charge in [0.15, 0.2) is 5.78 Å². The number of methoxy groups -OCH3 is 1. The van der Waals surface area contributed by atoms with Crippen LogP contribution in [0, 0.1) is 6.92 Å². The predicted octanol–water partition coefficient (Wildman–Crippen LogP) is 2.61. The minimum absolute atomic E-state index is 0.0291. The molecule has 0 saturated heterocycles. The minimum Gasteiger partial charge on any atom is -0.497 e. The van der Waals surface area contributed by atoms with Crippen LogP contribution >= 0.6 is 0 Å². The number of hydrogen-bond donors (Lipinski definition) is 0. The lowest BCUT2D eigenvalue weighted by Gasteiger charge is -2.02. The fourth-order valence-electron chi connectivity index (χ4n) is 2.14. The average molecular weight is 225 g/mol. The van der Waals surface area contributed by atoms with Crippen molar-refractivity contribution in [2.45, 2.75) is 6.92 Å². The van der Waals surface area contributed by atoms with E-state index in [2.05, 4.69) is 4.98 Å². The molecule has 1 heterocycles. The Balaban J connectivity index is 2.28. The van der Waals surface area contributed by atoms with Crippen molar-refractivity contribution < 1.29 is 9.53 Å². The number of carbonyl (C=O) groups is 1. The molecule has 0 spiro atoms. The van der Waals surface area contributed by atoms with E-state index in [-0.39, 0.29) is 5.78 Å². The minimum atomic E-state index is 0.0291. The van der Waals surface area contributed by atoms with Crippen molar-refractivity contribution in [1.82, 2.24) is 4.98 Å². The monoisotopic (exact) mass is 225 g/mol. The van der Waals surface area contributed by atoms with E-state index in [0.29, 0.717) is 16.9 Å². The van der Waals surface area contributed by atoms with Gasteiger partial charge < -0.3 is 4.74 Å². The Labute approximate surface area is 99.1 Å². The number of ketones is 1. The van der Waals surface area contributed by atoms with Crippen LogP contribution in [-0.2, 0) is 0 Å². The molecule has 0 amide bonds. The largest absolute Gasteiger partial charge is 0.497 e. The smallest absolute Gasteiger partial charge is 0.196 e. The Morgan fingerprint density at radius 1 is 1.06 bits per heavy atom. The third-order valence-electron chi connectivity index (χ3n) is 3.01. The Bertz CT molecular complexity index is 632. The molecule has 2 aromatic rings. The summed E-state index contributed by atoms with van der Waals surface area (Å²) in [5.41, 5.74) is 3.96. The lowest BCUT2D eigenvalue weighted by Crippen LogP contribution is -1.96. The lowest BCUT2D eigenvalue weighted by atomic mass is 10.1. The Morgan fingerprint density at radius 2 is 1.82 bits per heavy atom. The van der Waals surface area contributed by atoms with E-state index >= 15 is 0 Å². The highest BCUT2D eigenvalue weighted by Gasteiger charge is 2.28. The van der Waals surface area contributed by atoms with E-state index in [0.717, 1.165) is 17.0 Å². The van der Waals surface area contributed by atoms with Crippen LogP contribution in [0.5, 0.6) is 5.75 Å². The first kappa shape index (κ1) is 10.0. The normalized spacial score (nSPS) is 12.2. The molecule has 3 rings (SSSR count). The number of aromatic nitrogens is 1. The topological polar surface area (TPSA) is 39.2 Å². The maximum atomic E-state index is 12.2. The summed E-state index contributed by atoms with van der Waals surface area (Å²) in [6.07, 6.45) is 0. The van der Waals surface area contributed by atoms with Gasteiger partial charge >= 0.3 is 0 Å². The second-order valence-electron chi connectivity index (χ2n) is 4.09. The molecule has 0 radical (unpaired) electrons. The summed E-state index contributed by atoms with van der Waals surface area (Å²) in [7, 11) is 1.59. The van der Waals surface area contributed by atoms with Crippen LogP contribution < -0.4 is 4.74 Å². The van der Waals surface area contributed by atoms with Gasteiger partial charge in [-0.2, -0.15) is 0 Å². The van der Waals surface area contributed by atoms with Crippen molar-refractivity contribution in [1.29, 1.82) is 0 Å². The van der Waals surface area contributed by atoms with Crippen LogP contribution in [0.15, 0.2) is 30.3 Å². The first-order chi connectivity index (χ1) is 8.20. The summed E-state index contributed by atoms with van der Waals surface area (Å²) in [6, 6.07) is 9.22. The van der Waals surface area contributed by atoms with E-state index in [1.54, 1.807) is 13.2 Å². The first-order valence-corrected chi connectivity index (χ1v) is 5.41. The van der Waals surface area contributed by atoms with Crippen molar-refractivity contribution in [3.8, 4) is 17.0 Å². The van der Waals surface area contributed by atoms with Crippen LogP contribution in [0.1, 0.15) is 21.6 Å². The van der Waals surface area contributed by atoms with E-state index in [4.69, 9.17) is 4.74 Å². The number of hydrogen-bond acceptors (Lipinski definition) is 3. The first-order valence-electron chi connectivity index (χ1n) is 5.41. The van der Waals surface area contributed by atoms with Gasteiger partial charge in [-0.1, -0.05) is 0 Å². The molecule has 0 bridgehead atoms. The number of rotatable bonds is 1. The highest BCUT2D eigenvalue weighted by Crippen LogP contribution is 2.36. The molecule has 1 aliphatic rings. The molecule has 0 aliphatic heterocycles. The zero-order chi connectivity index (χ0) is 12.0. The summed E-state index contributed by atoms with van der Waals surface area (Å²) in [5.74, 6) is 0.725. The highest BCUT2D eigenvalue weighted by molar-refractivity contribution is 6.21. The molecular weight excluding hydrogens is 214 g/mol. The number of ether oxygens (including phenoxy) is 1. The number of fused-ring (bicyclic) bond motifs is 3. The van der Waals surface area contributed by atoms with E-state index in [1.807, 2.05) is 31.2 Å². The van der Waals surface area contributed by atoms with E-state index < -0.39 is 0 Å². The fraction of sp³-hybridized carbons (Fsp3) is 0.143. The van der Waals surface area contributed by atoms with Crippen LogP contribution in [0.2, 0.25) is 0 Å². The summed E-state index contributed by atoms with van der Waals surface area (Å²) in [4.78, 5) is 16.6. The van der Waals surface area contributed by atoms with Crippen molar-refractivity contribution >= 4 is 5.78 Å². The zero-order valence-corrected chi connectivity index (χ0v) is 9.65. The van der Waals surface area contributed by atoms with Gasteiger partial charge in [0, 0.05) is 22.4 Å². The number of benzene rings is 1. The number of carbonyl (C=O) groups excluding carboxylic acids is 1. The third kappa shape index (κ3) is 1.35. The van der Waals surface area contributed by atoms with Gasteiger partial charge in [-0.05, 0) is 37.3 Å². The molecule has 0 N–H and O–H groups in total. The second kappa shape index (κ2) is 3.42. The van der Waals surface area contributed by atoms with Crippen LogP contribution in [-0.4, -0.2) is 17.9 Å². The van der Waals surface area contributed by atoms with Crippen molar-refractivity contribution in [3.05, 3.63) is 47.2 Å². The summed E-state index contributed by atoms with van der Waals surface area (Å²) in [6.45, 7) is 1.92. The molecule has 84 valence electrons.